The minimum absolute atomic E-state index is 0.112. The third-order valence-corrected chi connectivity index (χ3v) is 1.80. The summed E-state index contributed by atoms with van der Waals surface area (Å²) >= 11 is 0. The number of hydrogen-bond acceptors (Lipinski definition) is 2. The lowest BCUT2D eigenvalue weighted by Gasteiger charge is -1.90. The standard InChI is InChI=1S/C9H15N3O/c1-2-3-4-5-10-6-8-7-11-12-9(8)13/h6-7H,2-5H2,1H3,(H2,11,12,13). The van der Waals surface area contributed by atoms with Gasteiger partial charge in [0.25, 0.3) is 5.56 Å². The van der Waals surface area contributed by atoms with Crippen LogP contribution in [0.15, 0.2) is 16.0 Å². The summed E-state index contributed by atoms with van der Waals surface area (Å²) in [6.07, 6.45) is 6.72. The molecule has 1 aromatic heterocycles. The smallest absolute Gasteiger partial charge is 0.272 e. The molecule has 0 saturated carbocycles. The number of H-pyrrole nitrogens is 2. The molecular weight excluding hydrogens is 166 g/mol. The lowest BCUT2D eigenvalue weighted by atomic mass is 10.2. The van der Waals surface area contributed by atoms with E-state index in [1.807, 2.05) is 0 Å². The molecule has 13 heavy (non-hydrogen) atoms. The highest BCUT2D eigenvalue weighted by Crippen LogP contribution is 1.93. The second-order valence-corrected chi connectivity index (χ2v) is 2.94. The fraction of sp³-hybridized carbons (Fsp3) is 0.556. The van der Waals surface area contributed by atoms with E-state index < -0.39 is 0 Å². The molecule has 1 heterocycles. The van der Waals surface area contributed by atoms with E-state index in [4.69, 9.17) is 0 Å². The van der Waals surface area contributed by atoms with Crippen molar-refractivity contribution in [2.45, 2.75) is 26.2 Å². The molecular formula is C9H15N3O. The van der Waals surface area contributed by atoms with E-state index >= 15 is 0 Å². The zero-order valence-electron chi connectivity index (χ0n) is 7.84. The van der Waals surface area contributed by atoms with E-state index in [2.05, 4.69) is 22.1 Å². The van der Waals surface area contributed by atoms with Crippen molar-refractivity contribution in [1.82, 2.24) is 10.2 Å². The molecule has 0 spiro atoms. The van der Waals surface area contributed by atoms with Gasteiger partial charge in [0, 0.05) is 19.0 Å². The molecule has 0 aromatic carbocycles. The van der Waals surface area contributed by atoms with Crippen molar-refractivity contribution in [3.63, 3.8) is 0 Å². The normalized spacial score (nSPS) is 11.2. The van der Waals surface area contributed by atoms with Crippen LogP contribution < -0.4 is 5.56 Å². The number of nitrogens with zero attached hydrogens (tertiary/aromatic N) is 1. The fourth-order valence-electron chi connectivity index (χ4n) is 1.03. The van der Waals surface area contributed by atoms with Gasteiger partial charge in [-0.15, -0.1) is 0 Å². The zero-order valence-corrected chi connectivity index (χ0v) is 7.84. The lowest BCUT2D eigenvalue weighted by Crippen LogP contribution is -2.04. The molecule has 72 valence electrons. The largest absolute Gasteiger partial charge is 0.305 e. The number of rotatable bonds is 5. The van der Waals surface area contributed by atoms with E-state index in [-0.39, 0.29) is 5.56 Å². The Morgan fingerprint density at radius 2 is 2.38 bits per heavy atom. The van der Waals surface area contributed by atoms with Crippen molar-refractivity contribution in [2.75, 3.05) is 6.54 Å². The molecule has 4 heteroatoms. The first kappa shape index (κ1) is 9.77. The minimum atomic E-state index is -0.112. The van der Waals surface area contributed by atoms with E-state index in [1.54, 1.807) is 12.4 Å². The van der Waals surface area contributed by atoms with Crippen molar-refractivity contribution in [1.29, 1.82) is 0 Å². The maximum Gasteiger partial charge on any atom is 0.272 e. The first-order valence-electron chi connectivity index (χ1n) is 4.60. The van der Waals surface area contributed by atoms with Crippen LogP contribution in [-0.2, 0) is 0 Å². The molecule has 1 rings (SSSR count). The predicted octanol–water partition coefficient (Wildman–Crippen LogP) is 1.31. The van der Waals surface area contributed by atoms with Crippen molar-refractivity contribution >= 4 is 6.21 Å². The van der Waals surface area contributed by atoms with Crippen LogP contribution in [0.3, 0.4) is 0 Å². The summed E-state index contributed by atoms with van der Waals surface area (Å²) in [5, 5.41) is 5.07. The average Bonchev–Trinajstić information content (AvgIpc) is 2.52. The minimum Gasteiger partial charge on any atom is -0.305 e. The Labute approximate surface area is 77.1 Å². The van der Waals surface area contributed by atoms with Crippen LogP contribution in [-0.4, -0.2) is 23.0 Å². The Kier molecular flexibility index (Phi) is 4.02. The summed E-state index contributed by atoms with van der Waals surface area (Å²) in [5.74, 6) is 0. The molecule has 2 N–H and O–H groups in total. The summed E-state index contributed by atoms with van der Waals surface area (Å²) in [5.41, 5.74) is 0.482. The summed E-state index contributed by atoms with van der Waals surface area (Å²) in [6.45, 7) is 2.96. The highest BCUT2D eigenvalue weighted by molar-refractivity contribution is 5.78. The Bertz CT molecular complexity index is 311. The number of hydrogen-bond donors (Lipinski definition) is 2. The Morgan fingerprint density at radius 1 is 1.54 bits per heavy atom. The SMILES string of the molecule is CCCCCN=Cc1c[nH][nH]c1=O. The molecule has 1 aromatic rings. The van der Waals surface area contributed by atoms with Crippen LogP contribution in [0.1, 0.15) is 31.7 Å². The molecule has 0 radical (unpaired) electrons. The van der Waals surface area contributed by atoms with Gasteiger partial charge in [0.2, 0.25) is 0 Å². The van der Waals surface area contributed by atoms with Gasteiger partial charge in [-0.2, -0.15) is 0 Å². The number of aromatic nitrogens is 2. The van der Waals surface area contributed by atoms with Crippen molar-refractivity contribution in [3.8, 4) is 0 Å². The van der Waals surface area contributed by atoms with Crippen LogP contribution in [0.5, 0.6) is 0 Å². The molecule has 0 amide bonds. The van der Waals surface area contributed by atoms with Gasteiger partial charge >= 0.3 is 0 Å². The monoisotopic (exact) mass is 181 g/mol. The van der Waals surface area contributed by atoms with Gasteiger partial charge in [0.15, 0.2) is 0 Å². The Hall–Kier alpha value is -1.32. The first-order valence-corrected chi connectivity index (χ1v) is 4.60. The molecule has 0 saturated heterocycles. The van der Waals surface area contributed by atoms with Gasteiger partial charge in [-0.05, 0) is 6.42 Å². The summed E-state index contributed by atoms with van der Waals surface area (Å²) < 4.78 is 0. The summed E-state index contributed by atoms with van der Waals surface area (Å²) in [6, 6.07) is 0. The van der Waals surface area contributed by atoms with Gasteiger partial charge < -0.3 is 5.10 Å². The molecule has 0 unspecified atom stereocenters. The Balaban J connectivity index is 2.33. The van der Waals surface area contributed by atoms with Gasteiger partial charge in [-0.25, -0.2) is 0 Å². The van der Waals surface area contributed by atoms with Gasteiger partial charge in [-0.3, -0.25) is 14.9 Å². The molecule has 0 bridgehead atoms. The van der Waals surface area contributed by atoms with Crippen LogP contribution in [0.2, 0.25) is 0 Å². The molecule has 0 aliphatic heterocycles. The van der Waals surface area contributed by atoms with E-state index in [1.165, 1.54) is 12.8 Å². The van der Waals surface area contributed by atoms with E-state index in [0.29, 0.717) is 5.56 Å². The quantitative estimate of drug-likeness (QED) is 0.522. The molecule has 0 aliphatic carbocycles. The maximum absolute atomic E-state index is 11.0. The van der Waals surface area contributed by atoms with Crippen molar-refractivity contribution in [3.05, 3.63) is 22.1 Å². The third-order valence-electron chi connectivity index (χ3n) is 1.80. The van der Waals surface area contributed by atoms with Crippen LogP contribution >= 0.6 is 0 Å². The highest BCUT2D eigenvalue weighted by Gasteiger charge is 1.93. The predicted molar refractivity (Wildman–Crippen MR) is 53.4 cm³/mol. The van der Waals surface area contributed by atoms with Gasteiger partial charge in [-0.1, -0.05) is 19.8 Å². The second kappa shape index (κ2) is 5.35. The molecule has 0 atom stereocenters. The van der Waals surface area contributed by atoms with Gasteiger partial charge in [0.1, 0.15) is 0 Å². The number of aromatic amines is 2. The van der Waals surface area contributed by atoms with Crippen LogP contribution in [0.4, 0.5) is 0 Å². The molecule has 0 aliphatic rings. The fourth-order valence-corrected chi connectivity index (χ4v) is 1.03. The maximum atomic E-state index is 11.0. The van der Waals surface area contributed by atoms with Gasteiger partial charge in [0.05, 0.1) is 5.56 Å². The number of aliphatic imine (C=N–C) groups is 1. The summed E-state index contributed by atoms with van der Waals surface area (Å²) in [7, 11) is 0. The average molecular weight is 181 g/mol. The second-order valence-electron chi connectivity index (χ2n) is 2.94. The van der Waals surface area contributed by atoms with Crippen LogP contribution in [0, 0.1) is 0 Å². The Morgan fingerprint density at radius 3 is 3.00 bits per heavy atom. The van der Waals surface area contributed by atoms with Crippen molar-refractivity contribution in [2.24, 2.45) is 4.99 Å². The van der Waals surface area contributed by atoms with E-state index in [9.17, 15) is 4.79 Å². The third kappa shape index (κ3) is 3.27. The van der Waals surface area contributed by atoms with Crippen molar-refractivity contribution < 1.29 is 0 Å². The lowest BCUT2D eigenvalue weighted by molar-refractivity contribution is 0.729. The summed E-state index contributed by atoms with van der Waals surface area (Å²) in [4.78, 5) is 15.1. The van der Waals surface area contributed by atoms with Crippen LogP contribution in [0.25, 0.3) is 0 Å². The molecule has 4 nitrogen and oxygen atoms in total. The number of nitrogens with one attached hydrogen (secondary N) is 2. The first-order chi connectivity index (χ1) is 6.34. The topological polar surface area (TPSA) is 61.0 Å². The molecule has 0 fully saturated rings. The highest BCUT2D eigenvalue weighted by atomic mass is 16.1. The number of unbranched alkanes of at least 4 members (excludes halogenated alkanes) is 2. The zero-order chi connectivity index (χ0) is 9.52. The van der Waals surface area contributed by atoms with E-state index in [0.717, 1.165) is 13.0 Å².